The average molecular weight is 281 g/mol. The minimum Gasteiger partial charge on any atom is -0.394 e. The minimum atomic E-state index is -0.407. The molecule has 106 valence electrons. The summed E-state index contributed by atoms with van der Waals surface area (Å²) >= 11 is 1.53. The van der Waals surface area contributed by atoms with Crippen LogP contribution in [0.4, 0.5) is 0 Å². The highest BCUT2D eigenvalue weighted by Gasteiger charge is 2.35. The SMILES string of the molecule is Cc1cc(C(=O)NC2(CO)CCC(C)CC2)sc1C. The average Bonchev–Trinajstić information content (AvgIpc) is 2.73. The number of rotatable bonds is 3. The van der Waals surface area contributed by atoms with Gasteiger partial charge in [-0.3, -0.25) is 4.79 Å². The van der Waals surface area contributed by atoms with Crippen LogP contribution in [0, 0.1) is 19.8 Å². The van der Waals surface area contributed by atoms with Crippen molar-refractivity contribution in [3.63, 3.8) is 0 Å². The standard InChI is InChI=1S/C15H23NO2S/c1-10-4-6-15(9-17,7-5-10)16-14(18)13-8-11(2)12(3)19-13/h8,10,17H,4-7,9H2,1-3H3,(H,16,18). The molecule has 0 aromatic carbocycles. The Kier molecular flexibility index (Phi) is 4.31. The molecule has 0 spiro atoms. The summed E-state index contributed by atoms with van der Waals surface area (Å²) < 4.78 is 0. The molecule has 1 heterocycles. The second-order valence-corrected chi connectivity index (χ2v) is 7.18. The number of aryl methyl sites for hydroxylation is 2. The summed E-state index contributed by atoms with van der Waals surface area (Å²) in [6.45, 7) is 6.32. The monoisotopic (exact) mass is 281 g/mol. The predicted molar refractivity (Wildman–Crippen MR) is 78.7 cm³/mol. The maximum absolute atomic E-state index is 12.3. The van der Waals surface area contributed by atoms with Crippen molar-refractivity contribution in [3.05, 3.63) is 21.4 Å². The van der Waals surface area contributed by atoms with Gasteiger partial charge in [-0.2, -0.15) is 0 Å². The molecule has 1 saturated carbocycles. The number of aliphatic hydroxyl groups excluding tert-OH is 1. The summed E-state index contributed by atoms with van der Waals surface area (Å²) in [4.78, 5) is 14.2. The Morgan fingerprint density at radius 3 is 2.58 bits per heavy atom. The summed E-state index contributed by atoms with van der Waals surface area (Å²) in [6.07, 6.45) is 3.90. The van der Waals surface area contributed by atoms with E-state index in [1.165, 1.54) is 16.2 Å². The lowest BCUT2D eigenvalue weighted by molar-refractivity contribution is 0.0720. The molecule has 3 nitrogen and oxygen atoms in total. The van der Waals surface area contributed by atoms with Crippen molar-refractivity contribution < 1.29 is 9.90 Å². The fourth-order valence-corrected chi connectivity index (χ4v) is 3.55. The number of hydrogen-bond acceptors (Lipinski definition) is 3. The first kappa shape index (κ1) is 14.5. The van der Waals surface area contributed by atoms with Gasteiger partial charge in [0.25, 0.3) is 5.91 Å². The molecular weight excluding hydrogens is 258 g/mol. The smallest absolute Gasteiger partial charge is 0.261 e. The third-order valence-corrected chi connectivity index (χ3v) is 5.45. The number of hydrogen-bond donors (Lipinski definition) is 2. The third-order valence-electron chi connectivity index (χ3n) is 4.30. The van der Waals surface area contributed by atoms with Gasteiger partial charge in [0.1, 0.15) is 0 Å². The number of amides is 1. The first-order valence-electron chi connectivity index (χ1n) is 6.96. The van der Waals surface area contributed by atoms with Crippen molar-refractivity contribution >= 4 is 17.2 Å². The number of thiophene rings is 1. The molecule has 1 aliphatic rings. The van der Waals surface area contributed by atoms with Gasteiger partial charge in [0.2, 0.25) is 0 Å². The summed E-state index contributed by atoms with van der Waals surface area (Å²) in [6, 6.07) is 1.94. The highest BCUT2D eigenvalue weighted by molar-refractivity contribution is 7.14. The van der Waals surface area contributed by atoms with Crippen LogP contribution in [0.15, 0.2) is 6.07 Å². The highest BCUT2D eigenvalue weighted by Crippen LogP contribution is 2.32. The maximum atomic E-state index is 12.3. The molecular formula is C15H23NO2S. The van der Waals surface area contributed by atoms with E-state index < -0.39 is 5.54 Å². The van der Waals surface area contributed by atoms with Crippen molar-refractivity contribution in [3.8, 4) is 0 Å². The Bertz CT molecular complexity index is 439. The Hall–Kier alpha value is -0.870. The van der Waals surface area contributed by atoms with Gasteiger partial charge in [-0.15, -0.1) is 11.3 Å². The second kappa shape index (κ2) is 5.63. The van der Waals surface area contributed by atoms with E-state index in [9.17, 15) is 9.90 Å². The molecule has 2 N–H and O–H groups in total. The molecule has 0 saturated heterocycles. The molecule has 4 heteroatoms. The van der Waals surface area contributed by atoms with Crippen molar-refractivity contribution in [2.24, 2.45) is 5.92 Å². The molecule has 1 fully saturated rings. The largest absolute Gasteiger partial charge is 0.394 e. The van der Waals surface area contributed by atoms with Crippen molar-refractivity contribution in [2.75, 3.05) is 6.61 Å². The first-order chi connectivity index (χ1) is 8.96. The van der Waals surface area contributed by atoms with Crippen LogP contribution >= 0.6 is 11.3 Å². The quantitative estimate of drug-likeness (QED) is 0.894. The van der Waals surface area contributed by atoms with E-state index in [1.807, 2.05) is 19.9 Å². The molecule has 1 aromatic heterocycles. The fourth-order valence-electron chi connectivity index (χ4n) is 2.62. The van der Waals surface area contributed by atoms with Gasteiger partial charge in [-0.25, -0.2) is 0 Å². The van der Waals surface area contributed by atoms with E-state index in [0.717, 1.165) is 36.1 Å². The fraction of sp³-hybridized carbons (Fsp3) is 0.667. The third kappa shape index (κ3) is 3.18. The molecule has 1 aromatic rings. The van der Waals surface area contributed by atoms with Gasteiger partial charge >= 0.3 is 0 Å². The summed E-state index contributed by atoms with van der Waals surface area (Å²) in [5.41, 5.74) is 0.750. The molecule has 19 heavy (non-hydrogen) atoms. The van der Waals surface area contributed by atoms with Gasteiger partial charge < -0.3 is 10.4 Å². The van der Waals surface area contributed by atoms with E-state index >= 15 is 0 Å². The lowest BCUT2D eigenvalue weighted by Crippen LogP contribution is -2.53. The molecule has 0 radical (unpaired) electrons. The van der Waals surface area contributed by atoms with Crippen LogP contribution in [0.2, 0.25) is 0 Å². The predicted octanol–water partition coefficient (Wildman–Crippen LogP) is 3.04. The van der Waals surface area contributed by atoms with Crippen LogP contribution in [0.25, 0.3) is 0 Å². The van der Waals surface area contributed by atoms with Gasteiger partial charge in [0, 0.05) is 4.88 Å². The van der Waals surface area contributed by atoms with Crippen LogP contribution in [-0.4, -0.2) is 23.2 Å². The Balaban J connectivity index is 2.08. The van der Waals surface area contributed by atoms with Crippen LogP contribution in [0.5, 0.6) is 0 Å². The second-order valence-electron chi connectivity index (χ2n) is 5.92. The van der Waals surface area contributed by atoms with Crippen LogP contribution in [0.1, 0.15) is 52.7 Å². The Labute approximate surface area is 119 Å². The van der Waals surface area contributed by atoms with Crippen LogP contribution in [0.3, 0.4) is 0 Å². The lowest BCUT2D eigenvalue weighted by Gasteiger charge is -2.38. The summed E-state index contributed by atoms with van der Waals surface area (Å²) in [5.74, 6) is 0.660. The molecule has 0 bridgehead atoms. The van der Waals surface area contributed by atoms with Gasteiger partial charge in [0.05, 0.1) is 17.0 Å². The number of nitrogens with one attached hydrogen (secondary N) is 1. The van der Waals surface area contributed by atoms with Gasteiger partial charge in [-0.05, 0) is 57.1 Å². The molecule has 0 atom stereocenters. The Morgan fingerprint density at radius 1 is 1.47 bits per heavy atom. The van der Waals surface area contributed by atoms with E-state index in [0.29, 0.717) is 5.92 Å². The number of aliphatic hydroxyl groups is 1. The summed E-state index contributed by atoms with van der Waals surface area (Å²) in [5, 5.41) is 12.8. The molecule has 2 rings (SSSR count). The van der Waals surface area contributed by atoms with Crippen LogP contribution < -0.4 is 5.32 Å². The Morgan fingerprint density at radius 2 is 2.11 bits per heavy atom. The van der Waals surface area contributed by atoms with E-state index in [2.05, 4.69) is 12.2 Å². The van der Waals surface area contributed by atoms with Gasteiger partial charge in [-0.1, -0.05) is 6.92 Å². The summed E-state index contributed by atoms with van der Waals surface area (Å²) in [7, 11) is 0. The highest BCUT2D eigenvalue weighted by atomic mass is 32.1. The van der Waals surface area contributed by atoms with Crippen molar-refractivity contribution in [1.82, 2.24) is 5.32 Å². The number of carbonyl (C=O) groups is 1. The minimum absolute atomic E-state index is 0.0365. The molecule has 1 amide bonds. The van der Waals surface area contributed by atoms with Crippen LogP contribution in [-0.2, 0) is 0 Å². The maximum Gasteiger partial charge on any atom is 0.261 e. The topological polar surface area (TPSA) is 49.3 Å². The van der Waals surface area contributed by atoms with Crippen molar-refractivity contribution in [1.29, 1.82) is 0 Å². The zero-order chi connectivity index (χ0) is 14.0. The lowest BCUT2D eigenvalue weighted by atomic mass is 9.77. The van der Waals surface area contributed by atoms with Crippen molar-refractivity contribution in [2.45, 2.75) is 52.0 Å². The molecule has 1 aliphatic carbocycles. The normalized spacial score (nSPS) is 27.3. The van der Waals surface area contributed by atoms with Gasteiger partial charge in [0.15, 0.2) is 0 Å². The van der Waals surface area contributed by atoms with E-state index in [4.69, 9.17) is 0 Å². The van der Waals surface area contributed by atoms with E-state index in [1.54, 1.807) is 0 Å². The van der Waals surface area contributed by atoms with E-state index in [-0.39, 0.29) is 12.5 Å². The zero-order valence-corrected chi connectivity index (χ0v) is 12.8. The molecule has 0 unspecified atom stereocenters. The first-order valence-corrected chi connectivity index (χ1v) is 7.78. The zero-order valence-electron chi connectivity index (χ0n) is 12.0. The number of carbonyl (C=O) groups excluding carboxylic acids is 1. The molecule has 0 aliphatic heterocycles.